The Balaban J connectivity index is 3.44. The van der Waals surface area contributed by atoms with Gasteiger partial charge in [-0.2, -0.15) is 0 Å². The monoisotopic (exact) mass is 555 g/mol. The largest absolute Gasteiger partial charge is 0.514 e. The van der Waals surface area contributed by atoms with Crippen LogP contribution in [-0.2, 0) is 23.7 Å². The second-order valence-corrected chi connectivity index (χ2v) is 9.37. The van der Waals surface area contributed by atoms with E-state index in [1.807, 2.05) is 13.8 Å². The maximum atomic E-state index is 12.5. The fourth-order valence-electron chi connectivity index (χ4n) is 3.97. The SMILES string of the molecule is CCCC(C)OC(=O)Oc1ccc(C(C(C)C(C)OC(=O)OC)[C@H](N)C(=O)O)cc1OC(=O)OC(C)CCC. The van der Waals surface area contributed by atoms with Crippen LogP contribution in [0.4, 0.5) is 14.4 Å². The lowest BCUT2D eigenvalue weighted by Gasteiger charge is -2.31. The van der Waals surface area contributed by atoms with Gasteiger partial charge in [0.2, 0.25) is 0 Å². The number of ether oxygens (including phenoxy) is 6. The third kappa shape index (κ3) is 11.0. The molecular weight excluding hydrogens is 514 g/mol. The van der Waals surface area contributed by atoms with E-state index in [2.05, 4.69) is 4.74 Å². The van der Waals surface area contributed by atoms with Gasteiger partial charge in [0.05, 0.1) is 7.11 Å². The zero-order valence-corrected chi connectivity index (χ0v) is 23.6. The molecule has 0 aliphatic rings. The maximum Gasteiger partial charge on any atom is 0.514 e. The molecule has 0 fully saturated rings. The molecule has 0 aliphatic carbocycles. The van der Waals surface area contributed by atoms with E-state index in [1.54, 1.807) is 27.7 Å². The Labute approximate surface area is 229 Å². The smallest absolute Gasteiger partial charge is 0.480 e. The quantitative estimate of drug-likeness (QED) is 0.170. The summed E-state index contributed by atoms with van der Waals surface area (Å²) in [6.07, 6.45) is -1.83. The first-order valence-electron chi connectivity index (χ1n) is 13.0. The van der Waals surface area contributed by atoms with Gasteiger partial charge in [-0.3, -0.25) is 4.79 Å². The molecular formula is C27H41NO11. The summed E-state index contributed by atoms with van der Waals surface area (Å²) in [7, 11) is 1.15. The third-order valence-electron chi connectivity index (χ3n) is 6.15. The van der Waals surface area contributed by atoms with Crippen molar-refractivity contribution in [3.8, 4) is 11.5 Å². The Morgan fingerprint density at radius 3 is 1.79 bits per heavy atom. The molecule has 0 spiro atoms. The van der Waals surface area contributed by atoms with Crippen LogP contribution in [0, 0.1) is 5.92 Å². The molecule has 0 amide bonds. The molecule has 3 N–H and O–H groups in total. The van der Waals surface area contributed by atoms with Crippen molar-refractivity contribution in [2.45, 2.75) is 97.5 Å². The van der Waals surface area contributed by atoms with E-state index >= 15 is 0 Å². The Kier molecular flexibility index (Phi) is 14.1. The van der Waals surface area contributed by atoms with Crippen molar-refractivity contribution in [3.63, 3.8) is 0 Å². The zero-order chi connectivity index (χ0) is 29.7. The van der Waals surface area contributed by atoms with Crippen LogP contribution in [-0.4, -0.2) is 61.0 Å². The van der Waals surface area contributed by atoms with Crippen LogP contribution in [0.2, 0.25) is 0 Å². The van der Waals surface area contributed by atoms with Crippen LogP contribution in [0.15, 0.2) is 18.2 Å². The predicted octanol–water partition coefficient (Wildman–Crippen LogP) is 5.40. The fourth-order valence-corrected chi connectivity index (χ4v) is 3.97. The molecule has 0 bridgehead atoms. The highest BCUT2D eigenvalue weighted by Gasteiger charge is 2.36. The molecule has 1 aromatic rings. The lowest BCUT2D eigenvalue weighted by atomic mass is 9.79. The molecule has 0 saturated carbocycles. The number of rotatable bonds is 14. The molecule has 1 aromatic carbocycles. The number of methoxy groups -OCH3 is 1. The van der Waals surface area contributed by atoms with E-state index in [1.165, 1.54) is 18.2 Å². The van der Waals surface area contributed by atoms with Crippen molar-refractivity contribution in [2.75, 3.05) is 7.11 Å². The van der Waals surface area contributed by atoms with E-state index in [0.717, 1.165) is 20.0 Å². The summed E-state index contributed by atoms with van der Waals surface area (Å²) >= 11 is 0. The number of carboxylic acid groups (broad SMARTS) is 1. The van der Waals surface area contributed by atoms with E-state index in [9.17, 15) is 24.3 Å². The summed E-state index contributed by atoms with van der Waals surface area (Å²) < 4.78 is 30.9. The van der Waals surface area contributed by atoms with Crippen LogP contribution < -0.4 is 15.2 Å². The van der Waals surface area contributed by atoms with Gasteiger partial charge in [0.1, 0.15) is 24.4 Å². The van der Waals surface area contributed by atoms with Gasteiger partial charge in [0, 0.05) is 11.8 Å². The Bertz CT molecular complexity index is 967. The lowest BCUT2D eigenvalue weighted by Crippen LogP contribution is -2.42. The van der Waals surface area contributed by atoms with E-state index in [-0.39, 0.29) is 11.5 Å². The second kappa shape index (κ2) is 16.4. The number of aliphatic carboxylic acids is 1. The van der Waals surface area contributed by atoms with Crippen molar-refractivity contribution in [3.05, 3.63) is 23.8 Å². The van der Waals surface area contributed by atoms with Gasteiger partial charge in [-0.15, -0.1) is 0 Å². The van der Waals surface area contributed by atoms with Gasteiger partial charge >= 0.3 is 24.4 Å². The minimum absolute atomic E-state index is 0.151. The van der Waals surface area contributed by atoms with Crippen molar-refractivity contribution in [1.29, 1.82) is 0 Å². The van der Waals surface area contributed by atoms with E-state index in [0.29, 0.717) is 18.4 Å². The van der Waals surface area contributed by atoms with Gasteiger partial charge in [0.15, 0.2) is 11.5 Å². The summed E-state index contributed by atoms with van der Waals surface area (Å²) in [5.74, 6) is -3.23. The Morgan fingerprint density at radius 1 is 0.821 bits per heavy atom. The van der Waals surface area contributed by atoms with Crippen LogP contribution in [0.5, 0.6) is 11.5 Å². The molecule has 12 heteroatoms. The summed E-state index contributed by atoms with van der Waals surface area (Å²) in [6.45, 7) is 10.5. The molecule has 5 unspecified atom stereocenters. The number of carbonyl (C=O) groups is 4. The zero-order valence-electron chi connectivity index (χ0n) is 23.6. The van der Waals surface area contributed by atoms with Gasteiger partial charge in [0.25, 0.3) is 0 Å². The fraction of sp³-hybridized carbons (Fsp3) is 0.630. The number of hydrogen-bond donors (Lipinski definition) is 2. The second-order valence-electron chi connectivity index (χ2n) is 9.37. The standard InChI is InChI=1S/C27H41NO11/c1-8-10-15(3)35-26(32)38-20-13-12-19(14-21(20)39-27(33)36-16(4)11-9-2)22(23(28)24(29)30)17(5)18(6)37-25(31)34-7/h12-18,22-23H,8-11,28H2,1-7H3,(H,29,30)/t15?,16?,17?,18?,22?,23-/m0/s1. The number of hydrogen-bond acceptors (Lipinski definition) is 11. The minimum Gasteiger partial charge on any atom is -0.480 e. The first-order chi connectivity index (χ1) is 18.3. The third-order valence-corrected chi connectivity index (χ3v) is 6.15. The van der Waals surface area contributed by atoms with Crippen LogP contribution in [0.1, 0.15) is 78.7 Å². The summed E-state index contributed by atoms with van der Waals surface area (Å²) in [5.41, 5.74) is 6.36. The number of nitrogens with two attached hydrogens (primary N) is 1. The molecule has 12 nitrogen and oxygen atoms in total. The van der Waals surface area contributed by atoms with E-state index in [4.69, 9.17) is 29.4 Å². The highest BCUT2D eigenvalue weighted by atomic mass is 16.8. The lowest BCUT2D eigenvalue weighted by molar-refractivity contribution is -0.139. The Hall–Kier alpha value is -3.54. The summed E-state index contributed by atoms with van der Waals surface area (Å²) in [4.78, 5) is 48.4. The highest BCUT2D eigenvalue weighted by Crippen LogP contribution is 2.37. The molecule has 39 heavy (non-hydrogen) atoms. The molecule has 0 heterocycles. The Morgan fingerprint density at radius 2 is 1.33 bits per heavy atom. The van der Waals surface area contributed by atoms with Crippen molar-refractivity contribution < 1.29 is 52.7 Å². The average molecular weight is 556 g/mol. The molecule has 0 aliphatic heterocycles. The van der Waals surface area contributed by atoms with Gasteiger partial charge < -0.3 is 39.3 Å². The first-order valence-corrected chi connectivity index (χ1v) is 13.0. The summed E-state index contributed by atoms with van der Waals surface area (Å²) in [6, 6.07) is 2.71. The molecule has 0 saturated heterocycles. The van der Waals surface area contributed by atoms with Crippen molar-refractivity contribution >= 4 is 24.4 Å². The predicted molar refractivity (Wildman–Crippen MR) is 140 cm³/mol. The topological polar surface area (TPSA) is 170 Å². The molecule has 0 radical (unpaired) electrons. The van der Waals surface area contributed by atoms with E-state index < -0.39 is 60.6 Å². The maximum absolute atomic E-state index is 12.5. The highest BCUT2D eigenvalue weighted by molar-refractivity contribution is 5.75. The molecule has 220 valence electrons. The summed E-state index contributed by atoms with van der Waals surface area (Å²) in [5, 5.41) is 9.69. The minimum atomic E-state index is -1.43. The van der Waals surface area contributed by atoms with Crippen molar-refractivity contribution in [2.24, 2.45) is 11.7 Å². The van der Waals surface area contributed by atoms with Gasteiger partial charge in [-0.05, 0) is 51.3 Å². The van der Waals surface area contributed by atoms with Crippen LogP contribution in [0.25, 0.3) is 0 Å². The number of carboxylic acids is 1. The number of carbonyl (C=O) groups excluding carboxylic acids is 3. The first kappa shape index (κ1) is 33.5. The molecule has 1 rings (SSSR count). The molecule has 0 aromatic heterocycles. The van der Waals surface area contributed by atoms with Crippen LogP contribution >= 0.6 is 0 Å². The molecule has 6 atom stereocenters. The van der Waals surface area contributed by atoms with Gasteiger partial charge in [-0.25, -0.2) is 14.4 Å². The van der Waals surface area contributed by atoms with Gasteiger partial charge in [-0.1, -0.05) is 39.7 Å². The number of benzene rings is 1. The van der Waals surface area contributed by atoms with Crippen LogP contribution in [0.3, 0.4) is 0 Å². The average Bonchev–Trinajstić information content (AvgIpc) is 2.85. The normalized spacial score (nSPS) is 15.5. The van der Waals surface area contributed by atoms with Crippen molar-refractivity contribution in [1.82, 2.24) is 0 Å².